The molecule has 5 nitrogen and oxygen atoms in total. The summed E-state index contributed by atoms with van der Waals surface area (Å²) in [5.74, 6) is 0. The molecule has 3 rings (SSSR count). The number of aromatic nitrogens is 1. The monoisotopic (exact) mass is 369 g/mol. The quantitative estimate of drug-likeness (QED) is 0.688. The van der Waals surface area contributed by atoms with Crippen molar-refractivity contribution in [1.82, 2.24) is 9.88 Å². The Balaban J connectivity index is 1.87. The van der Waals surface area contributed by atoms with Crippen molar-refractivity contribution in [3.8, 4) is 0 Å². The van der Waals surface area contributed by atoms with Crippen LogP contribution >= 0.6 is 11.6 Å². The number of benzene rings is 2. The van der Waals surface area contributed by atoms with Gasteiger partial charge in [-0.2, -0.15) is 0 Å². The van der Waals surface area contributed by atoms with Crippen LogP contribution < -0.4 is 10.9 Å². The number of fused-ring (bicyclic) bond motifs is 1. The van der Waals surface area contributed by atoms with Gasteiger partial charge in [0.15, 0.2) is 0 Å². The Bertz CT molecular complexity index is 984. The lowest BCUT2D eigenvalue weighted by molar-refractivity contribution is 0.209. The zero-order valence-corrected chi connectivity index (χ0v) is 15.2. The zero-order chi connectivity index (χ0) is 18.5. The largest absolute Gasteiger partial charge is 0.322 e. The molecule has 0 unspecified atom stereocenters. The fourth-order valence-corrected chi connectivity index (χ4v) is 3.09. The van der Waals surface area contributed by atoms with Crippen LogP contribution in [0.15, 0.2) is 59.4 Å². The number of amides is 2. The highest BCUT2D eigenvalue weighted by Gasteiger charge is 2.15. The summed E-state index contributed by atoms with van der Waals surface area (Å²) in [7, 11) is 0. The molecular weight excluding hydrogens is 350 g/mol. The second-order valence-electron chi connectivity index (χ2n) is 6.07. The standard InChI is InChI=1S/C20H20ClN3O2/c1-2-10-24(20(26)22-16-7-5-6-15(21)12-16)13-14-11-19(25)23-18-9-4-3-8-17(14)18/h3-9,11-12H,2,10,13H2,1H3,(H,22,26)(H,23,25). The van der Waals surface area contributed by atoms with Crippen molar-refractivity contribution in [2.24, 2.45) is 0 Å². The second kappa shape index (κ2) is 8.06. The van der Waals surface area contributed by atoms with E-state index in [1.807, 2.05) is 31.2 Å². The Labute approximate surface area is 156 Å². The van der Waals surface area contributed by atoms with E-state index < -0.39 is 0 Å². The molecule has 6 heteroatoms. The molecule has 2 aromatic carbocycles. The van der Waals surface area contributed by atoms with Crippen molar-refractivity contribution in [2.45, 2.75) is 19.9 Å². The normalized spacial score (nSPS) is 10.7. The first kappa shape index (κ1) is 18.0. The number of aromatic amines is 1. The number of hydrogen-bond donors (Lipinski definition) is 2. The number of hydrogen-bond acceptors (Lipinski definition) is 2. The summed E-state index contributed by atoms with van der Waals surface area (Å²) >= 11 is 5.98. The highest BCUT2D eigenvalue weighted by Crippen LogP contribution is 2.19. The predicted molar refractivity (Wildman–Crippen MR) is 106 cm³/mol. The third-order valence-electron chi connectivity index (χ3n) is 4.05. The maximum absolute atomic E-state index is 12.7. The molecular formula is C20H20ClN3O2. The Morgan fingerprint density at radius 2 is 1.96 bits per heavy atom. The van der Waals surface area contributed by atoms with Gasteiger partial charge >= 0.3 is 6.03 Å². The minimum absolute atomic E-state index is 0.176. The molecule has 0 fully saturated rings. The maximum atomic E-state index is 12.7. The molecule has 0 aliphatic carbocycles. The van der Waals surface area contributed by atoms with Crippen LogP contribution in [0.5, 0.6) is 0 Å². The molecule has 26 heavy (non-hydrogen) atoms. The van der Waals surface area contributed by atoms with E-state index in [1.54, 1.807) is 35.2 Å². The zero-order valence-electron chi connectivity index (χ0n) is 14.5. The van der Waals surface area contributed by atoms with E-state index >= 15 is 0 Å². The molecule has 0 spiro atoms. The molecule has 134 valence electrons. The Hall–Kier alpha value is -2.79. The van der Waals surface area contributed by atoms with Gasteiger partial charge in [0, 0.05) is 40.8 Å². The van der Waals surface area contributed by atoms with Crippen molar-refractivity contribution in [2.75, 3.05) is 11.9 Å². The van der Waals surface area contributed by atoms with Gasteiger partial charge < -0.3 is 15.2 Å². The third-order valence-corrected chi connectivity index (χ3v) is 4.29. The third kappa shape index (κ3) is 4.24. The highest BCUT2D eigenvalue weighted by atomic mass is 35.5. The number of carbonyl (C=O) groups excluding carboxylic acids is 1. The van der Waals surface area contributed by atoms with Crippen molar-refractivity contribution in [1.29, 1.82) is 0 Å². The first-order chi connectivity index (χ1) is 12.6. The molecule has 3 aromatic rings. The van der Waals surface area contributed by atoms with E-state index in [4.69, 9.17) is 11.6 Å². The lowest BCUT2D eigenvalue weighted by Crippen LogP contribution is -2.35. The number of rotatable bonds is 5. The first-order valence-corrected chi connectivity index (χ1v) is 8.87. The molecule has 0 saturated carbocycles. The number of urea groups is 1. The average molecular weight is 370 g/mol. The van der Waals surface area contributed by atoms with E-state index in [0.717, 1.165) is 22.9 Å². The Morgan fingerprint density at radius 3 is 2.73 bits per heavy atom. The summed E-state index contributed by atoms with van der Waals surface area (Å²) < 4.78 is 0. The van der Waals surface area contributed by atoms with Gasteiger partial charge in [-0.1, -0.05) is 42.8 Å². The predicted octanol–water partition coefficient (Wildman–Crippen LogP) is 4.63. The SMILES string of the molecule is CCCN(Cc1cc(=O)[nH]c2ccccc12)C(=O)Nc1cccc(Cl)c1. The number of halogens is 1. The summed E-state index contributed by atoms with van der Waals surface area (Å²) in [6, 6.07) is 15.9. The van der Waals surface area contributed by atoms with E-state index in [-0.39, 0.29) is 11.6 Å². The smallest absolute Gasteiger partial charge is 0.322 e. The molecule has 2 amide bonds. The van der Waals surface area contributed by atoms with Gasteiger partial charge in [-0.25, -0.2) is 4.79 Å². The molecule has 0 aliphatic heterocycles. The number of H-pyrrole nitrogens is 1. The summed E-state index contributed by atoms with van der Waals surface area (Å²) in [5, 5.41) is 4.36. The van der Waals surface area contributed by atoms with Crippen LogP contribution in [-0.4, -0.2) is 22.5 Å². The van der Waals surface area contributed by atoms with E-state index in [2.05, 4.69) is 10.3 Å². The van der Waals surface area contributed by atoms with Gasteiger partial charge in [0.1, 0.15) is 0 Å². The number of anilines is 1. The number of pyridine rings is 1. The van der Waals surface area contributed by atoms with Crippen molar-refractivity contribution < 1.29 is 4.79 Å². The van der Waals surface area contributed by atoms with Crippen LogP contribution in [0.4, 0.5) is 10.5 Å². The summed E-state index contributed by atoms with van der Waals surface area (Å²) in [6.45, 7) is 2.94. The second-order valence-corrected chi connectivity index (χ2v) is 6.50. The number of nitrogens with zero attached hydrogens (tertiary/aromatic N) is 1. The lowest BCUT2D eigenvalue weighted by Gasteiger charge is -2.23. The lowest BCUT2D eigenvalue weighted by atomic mass is 10.1. The molecule has 0 atom stereocenters. The fourth-order valence-electron chi connectivity index (χ4n) is 2.90. The molecule has 1 heterocycles. The molecule has 0 aliphatic rings. The number of carbonyl (C=O) groups is 1. The number of nitrogens with one attached hydrogen (secondary N) is 2. The topological polar surface area (TPSA) is 65.2 Å². The van der Waals surface area contributed by atoms with Crippen LogP contribution in [-0.2, 0) is 6.54 Å². The van der Waals surface area contributed by atoms with Crippen molar-refractivity contribution in [3.05, 3.63) is 75.5 Å². The summed E-state index contributed by atoms with van der Waals surface area (Å²) in [5.41, 5.74) is 2.05. The minimum Gasteiger partial charge on any atom is -0.322 e. The van der Waals surface area contributed by atoms with E-state index in [0.29, 0.717) is 23.8 Å². The van der Waals surface area contributed by atoms with Crippen LogP contribution in [0.1, 0.15) is 18.9 Å². The highest BCUT2D eigenvalue weighted by molar-refractivity contribution is 6.30. The van der Waals surface area contributed by atoms with Gasteiger partial charge in [0.05, 0.1) is 0 Å². The van der Waals surface area contributed by atoms with Crippen LogP contribution in [0.3, 0.4) is 0 Å². The molecule has 1 aromatic heterocycles. The van der Waals surface area contributed by atoms with E-state index in [9.17, 15) is 9.59 Å². The number of para-hydroxylation sites is 1. The van der Waals surface area contributed by atoms with Gasteiger partial charge in [0.25, 0.3) is 0 Å². The molecule has 2 N–H and O–H groups in total. The Morgan fingerprint density at radius 1 is 1.15 bits per heavy atom. The minimum atomic E-state index is -0.224. The summed E-state index contributed by atoms with van der Waals surface area (Å²) in [4.78, 5) is 29.2. The average Bonchev–Trinajstić information content (AvgIpc) is 2.61. The van der Waals surface area contributed by atoms with Crippen LogP contribution in [0.25, 0.3) is 10.9 Å². The fraction of sp³-hybridized carbons (Fsp3) is 0.200. The van der Waals surface area contributed by atoms with Crippen LogP contribution in [0, 0.1) is 0 Å². The summed E-state index contributed by atoms with van der Waals surface area (Å²) in [6.07, 6.45) is 0.810. The van der Waals surface area contributed by atoms with Crippen molar-refractivity contribution in [3.63, 3.8) is 0 Å². The van der Waals surface area contributed by atoms with Crippen molar-refractivity contribution >= 4 is 34.2 Å². The van der Waals surface area contributed by atoms with Gasteiger partial charge in [-0.05, 0) is 36.2 Å². The maximum Gasteiger partial charge on any atom is 0.322 e. The van der Waals surface area contributed by atoms with E-state index in [1.165, 1.54) is 0 Å². The molecule has 0 bridgehead atoms. The Kier molecular flexibility index (Phi) is 5.58. The first-order valence-electron chi connectivity index (χ1n) is 8.49. The van der Waals surface area contributed by atoms with Crippen LogP contribution in [0.2, 0.25) is 5.02 Å². The molecule has 0 saturated heterocycles. The van der Waals surface area contributed by atoms with Gasteiger partial charge in [-0.15, -0.1) is 0 Å². The van der Waals surface area contributed by atoms with Gasteiger partial charge in [-0.3, -0.25) is 4.79 Å². The molecule has 0 radical (unpaired) electrons. The van der Waals surface area contributed by atoms with Gasteiger partial charge in [0.2, 0.25) is 5.56 Å².